The van der Waals surface area contributed by atoms with Crippen LogP contribution < -0.4 is 5.73 Å². The van der Waals surface area contributed by atoms with E-state index in [0.29, 0.717) is 12.3 Å². The first-order chi connectivity index (χ1) is 6.02. The van der Waals surface area contributed by atoms with Gasteiger partial charge >= 0.3 is 0 Å². The van der Waals surface area contributed by atoms with Crippen molar-refractivity contribution in [3.8, 4) is 0 Å². The molecule has 80 valence electrons. The van der Waals surface area contributed by atoms with Gasteiger partial charge in [0.2, 0.25) is 0 Å². The van der Waals surface area contributed by atoms with Crippen LogP contribution in [0.5, 0.6) is 0 Å². The maximum absolute atomic E-state index is 11.4. The van der Waals surface area contributed by atoms with Crippen LogP contribution in [0.3, 0.4) is 0 Å². The fraction of sp³-hybridized carbons (Fsp3) is 1.00. The van der Waals surface area contributed by atoms with Crippen molar-refractivity contribution in [2.45, 2.75) is 13.8 Å². The molecule has 0 aliphatic carbocycles. The van der Waals surface area contributed by atoms with Gasteiger partial charge in [-0.15, -0.1) is 0 Å². The monoisotopic (exact) mass is 225 g/mol. The second-order valence-electron chi connectivity index (χ2n) is 3.15. The predicted octanol–water partition coefficient (Wildman–Crippen LogP) is 0.749. The minimum Gasteiger partial charge on any atom is -0.330 e. The number of hydrogen-bond acceptors (Lipinski definition) is 4. The van der Waals surface area contributed by atoms with E-state index in [9.17, 15) is 8.42 Å². The number of thioether (sulfide) groups is 1. The Hall–Kier alpha value is 0.260. The molecule has 2 N–H and O–H groups in total. The molecule has 0 aliphatic heterocycles. The summed E-state index contributed by atoms with van der Waals surface area (Å²) in [4.78, 5) is 0. The number of hydrogen-bond donors (Lipinski definition) is 1. The maximum atomic E-state index is 11.4. The van der Waals surface area contributed by atoms with Crippen LogP contribution in [0, 0.1) is 5.92 Å². The summed E-state index contributed by atoms with van der Waals surface area (Å²) in [5.74, 6) is 2.28. The predicted molar refractivity (Wildman–Crippen MR) is 59.9 cm³/mol. The van der Waals surface area contributed by atoms with E-state index in [0.717, 1.165) is 5.75 Å². The summed E-state index contributed by atoms with van der Waals surface area (Å²) in [6.45, 7) is 4.34. The lowest BCUT2D eigenvalue weighted by Gasteiger charge is -2.08. The van der Waals surface area contributed by atoms with Gasteiger partial charge in [-0.2, -0.15) is 11.8 Å². The Bertz CT molecular complexity index is 214. The van der Waals surface area contributed by atoms with Gasteiger partial charge in [0.1, 0.15) is 0 Å². The number of nitrogens with two attached hydrogens (primary N) is 1. The highest BCUT2D eigenvalue weighted by molar-refractivity contribution is 8.00. The van der Waals surface area contributed by atoms with E-state index in [-0.39, 0.29) is 17.4 Å². The Kier molecular flexibility index (Phi) is 6.81. The third-order valence-corrected chi connectivity index (χ3v) is 4.75. The van der Waals surface area contributed by atoms with Crippen molar-refractivity contribution >= 4 is 21.6 Å². The molecule has 0 bridgehead atoms. The van der Waals surface area contributed by atoms with Gasteiger partial charge in [0.15, 0.2) is 9.84 Å². The van der Waals surface area contributed by atoms with E-state index >= 15 is 0 Å². The van der Waals surface area contributed by atoms with Crippen LogP contribution in [0.4, 0.5) is 0 Å². The lowest BCUT2D eigenvalue weighted by atomic mass is 10.2. The van der Waals surface area contributed by atoms with Crippen LogP contribution >= 0.6 is 11.8 Å². The van der Waals surface area contributed by atoms with Gasteiger partial charge in [-0.05, 0) is 18.2 Å². The molecule has 0 radical (unpaired) electrons. The minimum absolute atomic E-state index is 0.0802. The van der Waals surface area contributed by atoms with Gasteiger partial charge in [0, 0.05) is 5.75 Å². The zero-order valence-electron chi connectivity index (χ0n) is 8.32. The van der Waals surface area contributed by atoms with Gasteiger partial charge in [-0.25, -0.2) is 8.42 Å². The average molecular weight is 225 g/mol. The summed E-state index contributed by atoms with van der Waals surface area (Å²) in [5, 5.41) is 0. The molecule has 0 fully saturated rings. The molecular formula is C8H19NO2S2. The van der Waals surface area contributed by atoms with Gasteiger partial charge in [0.25, 0.3) is 0 Å². The highest BCUT2D eigenvalue weighted by Gasteiger charge is 2.14. The van der Waals surface area contributed by atoms with E-state index in [1.807, 2.05) is 13.8 Å². The highest BCUT2D eigenvalue weighted by Crippen LogP contribution is 2.05. The topological polar surface area (TPSA) is 60.2 Å². The second kappa shape index (κ2) is 6.68. The smallest absolute Gasteiger partial charge is 0.151 e. The molecule has 1 atom stereocenters. The zero-order chi connectivity index (χ0) is 10.3. The van der Waals surface area contributed by atoms with Crippen LogP contribution in [0.1, 0.15) is 13.8 Å². The van der Waals surface area contributed by atoms with Crippen molar-refractivity contribution in [3.63, 3.8) is 0 Å². The molecule has 0 saturated heterocycles. The molecule has 0 aromatic heterocycles. The lowest BCUT2D eigenvalue weighted by molar-refractivity contribution is 0.575. The number of sulfone groups is 1. The third kappa shape index (κ3) is 7.34. The Balaban J connectivity index is 3.81. The molecule has 0 rings (SSSR count). The van der Waals surface area contributed by atoms with Crippen molar-refractivity contribution in [2.75, 3.05) is 29.6 Å². The summed E-state index contributed by atoms with van der Waals surface area (Å²) >= 11 is 1.66. The molecule has 5 heteroatoms. The van der Waals surface area contributed by atoms with E-state index in [2.05, 4.69) is 0 Å². The van der Waals surface area contributed by atoms with Crippen LogP contribution in [0.15, 0.2) is 0 Å². The fourth-order valence-corrected chi connectivity index (χ4v) is 3.86. The normalized spacial score (nSPS) is 14.4. The Labute approximate surface area is 85.4 Å². The van der Waals surface area contributed by atoms with E-state index in [4.69, 9.17) is 5.73 Å². The van der Waals surface area contributed by atoms with Crippen molar-refractivity contribution in [1.82, 2.24) is 0 Å². The van der Waals surface area contributed by atoms with Gasteiger partial charge in [-0.3, -0.25) is 0 Å². The van der Waals surface area contributed by atoms with Crippen molar-refractivity contribution in [1.29, 1.82) is 0 Å². The van der Waals surface area contributed by atoms with Crippen LogP contribution in [0.2, 0.25) is 0 Å². The maximum Gasteiger partial charge on any atom is 0.151 e. The molecule has 0 aromatic carbocycles. The molecule has 0 spiro atoms. The number of rotatable bonds is 7. The van der Waals surface area contributed by atoms with E-state index < -0.39 is 9.84 Å². The fourth-order valence-electron chi connectivity index (χ4n) is 0.915. The molecule has 13 heavy (non-hydrogen) atoms. The van der Waals surface area contributed by atoms with Crippen molar-refractivity contribution in [2.24, 2.45) is 11.7 Å². The zero-order valence-corrected chi connectivity index (χ0v) is 9.96. The first-order valence-electron chi connectivity index (χ1n) is 4.50. The third-order valence-electron chi connectivity index (χ3n) is 1.68. The van der Waals surface area contributed by atoms with Crippen LogP contribution in [-0.4, -0.2) is 38.0 Å². The quantitative estimate of drug-likeness (QED) is 0.650. The van der Waals surface area contributed by atoms with Gasteiger partial charge in [-0.1, -0.05) is 13.8 Å². The molecule has 0 saturated carbocycles. The largest absolute Gasteiger partial charge is 0.330 e. The minimum atomic E-state index is -2.87. The van der Waals surface area contributed by atoms with Crippen LogP contribution in [-0.2, 0) is 9.84 Å². The second-order valence-corrected chi connectivity index (χ2v) is 6.77. The first-order valence-corrected chi connectivity index (χ1v) is 7.47. The molecule has 0 aromatic rings. The van der Waals surface area contributed by atoms with Crippen LogP contribution in [0.25, 0.3) is 0 Å². The standard InChI is InChI=1S/C8H19NO2S2/c1-3-12-4-5-13(10,11)7-8(2)6-9/h8H,3-7,9H2,1-2H3. The molecule has 3 nitrogen and oxygen atoms in total. The Morgan fingerprint density at radius 2 is 2.08 bits per heavy atom. The first kappa shape index (κ1) is 13.3. The SMILES string of the molecule is CCSCCS(=O)(=O)CC(C)CN. The summed E-state index contributed by atoms with van der Waals surface area (Å²) in [6, 6.07) is 0. The summed E-state index contributed by atoms with van der Waals surface area (Å²) < 4.78 is 22.8. The van der Waals surface area contributed by atoms with E-state index in [1.54, 1.807) is 11.8 Å². The van der Waals surface area contributed by atoms with Gasteiger partial charge in [0.05, 0.1) is 11.5 Å². The summed E-state index contributed by atoms with van der Waals surface area (Å²) in [5.41, 5.74) is 5.36. The van der Waals surface area contributed by atoms with Crippen molar-refractivity contribution in [3.05, 3.63) is 0 Å². The Morgan fingerprint density at radius 3 is 2.54 bits per heavy atom. The summed E-state index contributed by atoms with van der Waals surface area (Å²) in [7, 11) is -2.87. The molecule has 0 aliphatic rings. The van der Waals surface area contributed by atoms with Crippen molar-refractivity contribution < 1.29 is 8.42 Å². The average Bonchev–Trinajstić information content (AvgIpc) is 2.03. The highest BCUT2D eigenvalue weighted by atomic mass is 32.2. The molecule has 0 heterocycles. The molecule has 1 unspecified atom stereocenters. The molecule has 0 amide bonds. The van der Waals surface area contributed by atoms with Gasteiger partial charge < -0.3 is 5.73 Å². The van der Waals surface area contributed by atoms with E-state index in [1.165, 1.54) is 0 Å². The molecular weight excluding hydrogens is 206 g/mol. The summed E-state index contributed by atoms with van der Waals surface area (Å²) in [6.07, 6.45) is 0. The lowest BCUT2D eigenvalue weighted by Crippen LogP contribution is -2.23. The Morgan fingerprint density at radius 1 is 1.46 bits per heavy atom.